The number of H-pyrrole nitrogens is 1. The number of aliphatic imine (C=N–C) groups is 1. The molecular weight excluding hydrogens is 394 g/mol. The monoisotopic (exact) mass is 411 g/mol. The fraction of sp³-hybridized carbons (Fsp3) is 0.0800. The molecule has 5 aromatic rings. The molecule has 0 bridgehead atoms. The molecule has 5 heteroatoms. The van der Waals surface area contributed by atoms with Crippen molar-refractivity contribution in [1.82, 2.24) is 9.55 Å². The standard InChI is InChI=1S/C25H18ClN3O/c1-29-21-11-10-14(26)12-17(21)23(25(29)30)24-22(16-7-3-5-9-20(16)28-24)18-13-27-19-8-4-2-6-15(18)19/h2-13,22,27,30H,1H3. The number of nitrogens with zero attached hydrogens (tertiary/aromatic N) is 2. The molecule has 2 aromatic heterocycles. The lowest BCUT2D eigenvalue weighted by Gasteiger charge is -2.15. The van der Waals surface area contributed by atoms with Gasteiger partial charge in [-0.3, -0.25) is 4.99 Å². The van der Waals surface area contributed by atoms with E-state index in [0.29, 0.717) is 5.02 Å². The zero-order chi connectivity index (χ0) is 20.4. The number of aromatic amines is 1. The number of para-hydroxylation sites is 2. The van der Waals surface area contributed by atoms with Crippen molar-refractivity contribution in [2.24, 2.45) is 12.0 Å². The highest BCUT2D eigenvalue weighted by atomic mass is 35.5. The molecule has 6 rings (SSSR count). The van der Waals surface area contributed by atoms with E-state index in [0.717, 1.165) is 49.9 Å². The van der Waals surface area contributed by atoms with E-state index in [4.69, 9.17) is 16.6 Å². The Morgan fingerprint density at radius 1 is 0.967 bits per heavy atom. The first kappa shape index (κ1) is 17.4. The van der Waals surface area contributed by atoms with E-state index in [1.54, 1.807) is 4.57 Å². The van der Waals surface area contributed by atoms with Crippen molar-refractivity contribution in [1.29, 1.82) is 0 Å². The SMILES string of the molecule is Cn1c(O)c(C2=Nc3ccccc3C2c2c[nH]c3ccccc23)c2cc(Cl)ccc21. The molecule has 146 valence electrons. The Balaban J connectivity index is 1.67. The summed E-state index contributed by atoms with van der Waals surface area (Å²) < 4.78 is 1.79. The van der Waals surface area contributed by atoms with Gasteiger partial charge in [-0.25, -0.2) is 0 Å². The van der Waals surface area contributed by atoms with Crippen LogP contribution < -0.4 is 0 Å². The van der Waals surface area contributed by atoms with Gasteiger partial charge in [-0.05, 0) is 41.5 Å². The van der Waals surface area contributed by atoms with Crippen LogP contribution in [-0.2, 0) is 7.05 Å². The molecule has 1 aliphatic heterocycles. The lowest BCUT2D eigenvalue weighted by atomic mass is 9.85. The minimum absolute atomic E-state index is 0.0900. The fourth-order valence-corrected chi connectivity index (χ4v) is 4.85. The summed E-state index contributed by atoms with van der Waals surface area (Å²) >= 11 is 6.33. The van der Waals surface area contributed by atoms with Crippen molar-refractivity contribution >= 4 is 44.8 Å². The van der Waals surface area contributed by atoms with Gasteiger partial charge in [-0.2, -0.15) is 0 Å². The van der Waals surface area contributed by atoms with E-state index < -0.39 is 0 Å². The van der Waals surface area contributed by atoms with Gasteiger partial charge in [0, 0.05) is 34.6 Å². The second kappa shape index (κ2) is 6.25. The first-order chi connectivity index (χ1) is 14.6. The lowest BCUT2D eigenvalue weighted by molar-refractivity contribution is 0.434. The third-order valence-electron chi connectivity index (χ3n) is 6.08. The van der Waals surface area contributed by atoms with Crippen LogP contribution in [0, 0.1) is 0 Å². The topological polar surface area (TPSA) is 53.3 Å². The summed E-state index contributed by atoms with van der Waals surface area (Å²) in [5, 5.41) is 13.8. The zero-order valence-electron chi connectivity index (χ0n) is 16.2. The molecule has 3 heterocycles. The number of nitrogens with one attached hydrogen (secondary N) is 1. The van der Waals surface area contributed by atoms with E-state index in [-0.39, 0.29) is 11.8 Å². The van der Waals surface area contributed by atoms with Crippen LogP contribution in [0.4, 0.5) is 5.69 Å². The summed E-state index contributed by atoms with van der Waals surface area (Å²) in [5.41, 5.74) is 6.79. The Morgan fingerprint density at radius 2 is 1.77 bits per heavy atom. The highest BCUT2D eigenvalue weighted by Crippen LogP contribution is 2.47. The molecule has 1 aliphatic rings. The van der Waals surface area contributed by atoms with E-state index in [2.05, 4.69) is 29.4 Å². The Kier molecular flexibility index (Phi) is 3.62. The number of halogens is 1. The molecule has 4 nitrogen and oxygen atoms in total. The molecular formula is C25H18ClN3O. The summed E-state index contributed by atoms with van der Waals surface area (Å²) in [7, 11) is 1.86. The number of fused-ring (bicyclic) bond motifs is 3. The van der Waals surface area contributed by atoms with Crippen LogP contribution in [0.1, 0.15) is 22.6 Å². The van der Waals surface area contributed by atoms with E-state index in [1.807, 2.05) is 55.6 Å². The van der Waals surface area contributed by atoms with Crippen molar-refractivity contribution < 1.29 is 5.11 Å². The van der Waals surface area contributed by atoms with Crippen molar-refractivity contribution in [2.45, 2.75) is 5.92 Å². The molecule has 0 spiro atoms. The molecule has 3 aromatic carbocycles. The van der Waals surface area contributed by atoms with Gasteiger partial charge in [0.1, 0.15) is 0 Å². The second-order valence-corrected chi connectivity index (χ2v) is 8.13. The molecule has 0 aliphatic carbocycles. The predicted molar refractivity (Wildman–Crippen MR) is 122 cm³/mol. The molecule has 0 saturated carbocycles. The van der Waals surface area contributed by atoms with Crippen LogP contribution in [-0.4, -0.2) is 20.4 Å². The average molecular weight is 412 g/mol. The highest BCUT2D eigenvalue weighted by molar-refractivity contribution is 6.32. The van der Waals surface area contributed by atoms with Crippen molar-refractivity contribution in [3.8, 4) is 5.88 Å². The van der Waals surface area contributed by atoms with E-state index >= 15 is 0 Å². The first-order valence-electron chi connectivity index (χ1n) is 9.84. The Morgan fingerprint density at radius 3 is 2.67 bits per heavy atom. The second-order valence-electron chi connectivity index (χ2n) is 7.70. The summed E-state index contributed by atoms with van der Waals surface area (Å²) in [6.45, 7) is 0. The Labute approximate surface area is 178 Å². The number of benzene rings is 3. The van der Waals surface area contributed by atoms with Crippen LogP contribution in [0.5, 0.6) is 5.88 Å². The minimum atomic E-state index is -0.0900. The van der Waals surface area contributed by atoms with Crippen molar-refractivity contribution in [2.75, 3.05) is 0 Å². The molecule has 30 heavy (non-hydrogen) atoms. The summed E-state index contributed by atoms with van der Waals surface area (Å²) in [5.74, 6) is 0.108. The molecule has 1 atom stereocenters. The number of rotatable bonds is 2. The molecule has 0 amide bonds. The lowest BCUT2D eigenvalue weighted by Crippen LogP contribution is -2.11. The highest BCUT2D eigenvalue weighted by Gasteiger charge is 2.35. The predicted octanol–water partition coefficient (Wildman–Crippen LogP) is 6.28. The zero-order valence-corrected chi connectivity index (χ0v) is 17.0. The Bertz CT molecular complexity index is 1490. The average Bonchev–Trinajstić information content (AvgIpc) is 3.40. The van der Waals surface area contributed by atoms with Crippen molar-refractivity contribution in [3.05, 3.63) is 94.6 Å². The van der Waals surface area contributed by atoms with Gasteiger partial charge in [0.25, 0.3) is 0 Å². The largest absolute Gasteiger partial charge is 0.494 e. The molecule has 0 fully saturated rings. The maximum atomic E-state index is 11.1. The van der Waals surface area contributed by atoms with Gasteiger partial charge >= 0.3 is 0 Å². The molecule has 2 N–H and O–H groups in total. The molecule has 1 unspecified atom stereocenters. The maximum Gasteiger partial charge on any atom is 0.201 e. The summed E-state index contributed by atoms with van der Waals surface area (Å²) in [6, 6.07) is 22.1. The number of aromatic nitrogens is 2. The number of aryl methyl sites for hydroxylation is 1. The number of hydrogen-bond donors (Lipinski definition) is 2. The van der Waals surface area contributed by atoms with Gasteiger partial charge < -0.3 is 14.7 Å². The summed E-state index contributed by atoms with van der Waals surface area (Å²) in [6.07, 6.45) is 2.06. The normalized spacial score (nSPS) is 15.7. The third kappa shape index (κ3) is 2.31. The van der Waals surface area contributed by atoms with Crippen LogP contribution in [0.2, 0.25) is 5.02 Å². The van der Waals surface area contributed by atoms with Crippen LogP contribution in [0.3, 0.4) is 0 Å². The van der Waals surface area contributed by atoms with Gasteiger partial charge in [0.15, 0.2) is 0 Å². The van der Waals surface area contributed by atoms with Crippen molar-refractivity contribution in [3.63, 3.8) is 0 Å². The summed E-state index contributed by atoms with van der Waals surface area (Å²) in [4.78, 5) is 8.40. The number of hydrogen-bond acceptors (Lipinski definition) is 2. The Hall–Kier alpha value is -3.50. The third-order valence-corrected chi connectivity index (χ3v) is 6.32. The molecule has 0 radical (unpaired) electrons. The van der Waals surface area contributed by atoms with Crippen LogP contribution in [0.15, 0.2) is 77.9 Å². The minimum Gasteiger partial charge on any atom is -0.494 e. The molecule has 0 saturated heterocycles. The quantitative estimate of drug-likeness (QED) is 0.352. The van der Waals surface area contributed by atoms with Crippen LogP contribution >= 0.6 is 11.6 Å². The van der Waals surface area contributed by atoms with E-state index in [1.165, 1.54) is 0 Å². The van der Waals surface area contributed by atoms with E-state index in [9.17, 15) is 5.11 Å². The van der Waals surface area contributed by atoms with Crippen LogP contribution in [0.25, 0.3) is 21.8 Å². The van der Waals surface area contributed by atoms with Gasteiger partial charge in [-0.15, -0.1) is 0 Å². The van der Waals surface area contributed by atoms with Gasteiger partial charge in [0.05, 0.1) is 28.4 Å². The fourth-order valence-electron chi connectivity index (χ4n) is 4.68. The number of aromatic hydroxyl groups is 1. The van der Waals surface area contributed by atoms with Gasteiger partial charge in [0.2, 0.25) is 5.88 Å². The first-order valence-corrected chi connectivity index (χ1v) is 10.2. The van der Waals surface area contributed by atoms with Gasteiger partial charge in [-0.1, -0.05) is 48.0 Å². The maximum absolute atomic E-state index is 11.1. The smallest absolute Gasteiger partial charge is 0.201 e.